The molecule has 11 heteroatoms. The summed E-state index contributed by atoms with van der Waals surface area (Å²) in [6.45, 7) is -1.02. The fourth-order valence-electron chi connectivity index (χ4n) is 2.58. The zero-order valence-electron chi connectivity index (χ0n) is 15.8. The molecule has 1 saturated heterocycles. The van der Waals surface area contributed by atoms with Gasteiger partial charge < -0.3 is 15.8 Å². The second-order valence-corrected chi connectivity index (χ2v) is 7.23. The normalized spacial score (nSPS) is 14.8. The molecule has 0 radical (unpaired) electrons. The number of anilines is 1. The highest BCUT2D eigenvalue weighted by molar-refractivity contribution is 8.18. The molecule has 31 heavy (non-hydrogen) atoms. The van der Waals surface area contributed by atoms with Gasteiger partial charge in [0.2, 0.25) is 5.91 Å². The molecule has 1 heterocycles. The summed E-state index contributed by atoms with van der Waals surface area (Å²) in [5, 5.41) is 1.49. The van der Waals surface area contributed by atoms with E-state index in [-0.39, 0.29) is 22.9 Å². The molecule has 0 unspecified atom stereocenters. The second-order valence-electron chi connectivity index (χ2n) is 6.23. The number of benzene rings is 2. The minimum absolute atomic E-state index is 0.0286. The summed E-state index contributed by atoms with van der Waals surface area (Å²) in [7, 11) is 0. The SMILES string of the molecule is NC(=O)COc1ccccc1/C=C1/SC(=O)N(CC(=O)Nc2ccc(F)cc2F)C1=O. The van der Waals surface area contributed by atoms with Gasteiger partial charge in [-0.05, 0) is 36.0 Å². The fraction of sp³-hybridized carbons (Fsp3) is 0.100. The number of ether oxygens (including phenoxy) is 1. The lowest BCUT2D eigenvalue weighted by Gasteiger charge is -2.13. The summed E-state index contributed by atoms with van der Waals surface area (Å²) in [5.74, 6) is -3.77. The molecule has 8 nitrogen and oxygen atoms in total. The van der Waals surface area contributed by atoms with Gasteiger partial charge in [-0.25, -0.2) is 8.78 Å². The molecule has 0 saturated carbocycles. The molecule has 0 atom stereocenters. The Kier molecular flexibility index (Phi) is 6.65. The number of halogens is 2. The van der Waals surface area contributed by atoms with Crippen LogP contribution in [0.2, 0.25) is 0 Å². The van der Waals surface area contributed by atoms with Gasteiger partial charge in [-0.15, -0.1) is 0 Å². The van der Waals surface area contributed by atoms with Crippen LogP contribution in [0.4, 0.5) is 19.3 Å². The molecule has 1 aliphatic heterocycles. The van der Waals surface area contributed by atoms with Gasteiger partial charge in [-0.1, -0.05) is 18.2 Å². The van der Waals surface area contributed by atoms with Crippen molar-refractivity contribution < 1.29 is 32.7 Å². The van der Waals surface area contributed by atoms with Crippen LogP contribution in [0.1, 0.15) is 5.56 Å². The lowest BCUT2D eigenvalue weighted by atomic mass is 10.2. The van der Waals surface area contributed by atoms with Crippen LogP contribution in [-0.2, 0) is 14.4 Å². The summed E-state index contributed by atoms with van der Waals surface area (Å²) in [4.78, 5) is 48.6. The number of imide groups is 1. The second kappa shape index (κ2) is 9.39. The van der Waals surface area contributed by atoms with E-state index in [0.717, 1.165) is 12.1 Å². The number of carbonyl (C=O) groups is 4. The maximum absolute atomic E-state index is 13.7. The first kappa shape index (κ1) is 22.0. The van der Waals surface area contributed by atoms with E-state index in [1.807, 2.05) is 0 Å². The first-order valence-electron chi connectivity index (χ1n) is 8.75. The third-order valence-electron chi connectivity index (χ3n) is 3.96. The van der Waals surface area contributed by atoms with Crippen molar-refractivity contribution in [2.45, 2.75) is 0 Å². The summed E-state index contributed by atoms with van der Waals surface area (Å²) >= 11 is 0.611. The molecule has 4 amide bonds. The van der Waals surface area contributed by atoms with Gasteiger partial charge in [-0.2, -0.15) is 0 Å². The largest absolute Gasteiger partial charge is 0.483 e. The van der Waals surface area contributed by atoms with Gasteiger partial charge in [0.15, 0.2) is 6.61 Å². The van der Waals surface area contributed by atoms with Crippen molar-refractivity contribution in [1.82, 2.24) is 4.90 Å². The van der Waals surface area contributed by atoms with E-state index in [1.54, 1.807) is 24.3 Å². The van der Waals surface area contributed by atoms with Crippen molar-refractivity contribution in [3.8, 4) is 5.75 Å². The van der Waals surface area contributed by atoms with Gasteiger partial charge in [-0.3, -0.25) is 24.1 Å². The predicted octanol–water partition coefficient (Wildman–Crippen LogP) is 2.50. The minimum Gasteiger partial charge on any atom is -0.483 e. The van der Waals surface area contributed by atoms with Crippen LogP contribution in [0.3, 0.4) is 0 Å². The third-order valence-corrected chi connectivity index (χ3v) is 4.86. The number of hydrogen-bond acceptors (Lipinski definition) is 6. The van der Waals surface area contributed by atoms with E-state index >= 15 is 0 Å². The van der Waals surface area contributed by atoms with Gasteiger partial charge in [0.25, 0.3) is 17.1 Å². The topological polar surface area (TPSA) is 119 Å². The summed E-state index contributed by atoms with van der Waals surface area (Å²) in [5.41, 5.74) is 5.20. The maximum Gasteiger partial charge on any atom is 0.294 e. The molecule has 2 aromatic carbocycles. The average Bonchev–Trinajstić information content (AvgIpc) is 2.97. The molecule has 3 N–H and O–H groups in total. The number of carbonyl (C=O) groups excluding carboxylic acids is 4. The zero-order valence-corrected chi connectivity index (χ0v) is 16.6. The van der Waals surface area contributed by atoms with E-state index in [1.165, 1.54) is 6.08 Å². The highest BCUT2D eigenvalue weighted by Crippen LogP contribution is 2.34. The Bertz CT molecular complexity index is 1110. The predicted molar refractivity (Wildman–Crippen MR) is 109 cm³/mol. The first-order valence-corrected chi connectivity index (χ1v) is 9.56. The van der Waals surface area contributed by atoms with Gasteiger partial charge in [0.1, 0.15) is 23.9 Å². The fourth-order valence-corrected chi connectivity index (χ4v) is 3.41. The van der Waals surface area contributed by atoms with E-state index in [4.69, 9.17) is 10.5 Å². The summed E-state index contributed by atoms with van der Waals surface area (Å²) < 4.78 is 31.9. The monoisotopic (exact) mass is 447 g/mol. The molecule has 0 aromatic heterocycles. The standard InChI is InChI=1S/C20H15F2N3O5S/c21-12-5-6-14(13(22)8-12)24-18(27)9-25-19(28)16(31-20(25)29)7-11-3-1-2-4-15(11)30-10-17(23)26/h1-8H,9-10H2,(H2,23,26)(H,24,27)/b16-7+. The van der Waals surface area contributed by atoms with E-state index in [9.17, 15) is 28.0 Å². The molecule has 2 aromatic rings. The van der Waals surface area contributed by atoms with Crippen molar-refractivity contribution in [2.24, 2.45) is 5.73 Å². The summed E-state index contributed by atoms with van der Waals surface area (Å²) in [6, 6.07) is 9.06. The first-order chi connectivity index (χ1) is 14.7. The Labute approximate surface area is 179 Å². The molecule has 0 bridgehead atoms. The Hall–Kier alpha value is -3.73. The van der Waals surface area contributed by atoms with Crippen LogP contribution >= 0.6 is 11.8 Å². The van der Waals surface area contributed by atoms with Crippen molar-refractivity contribution in [2.75, 3.05) is 18.5 Å². The minimum atomic E-state index is -0.991. The molecule has 3 rings (SSSR count). The maximum atomic E-state index is 13.7. The van der Waals surface area contributed by atoms with Crippen LogP contribution in [0, 0.1) is 11.6 Å². The van der Waals surface area contributed by atoms with E-state index < -0.39 is 41.1 Å². The smallest absolute Gasteiger partial charge is 0.294 e. The van der Waals surface area contributed by atoms with Crippen molar-refractivity contribution in [3.63, 3.8) is 0 Å². The molecule has 1 fully saturated rings. The van der Waals surface area contributed by atoms with Gasteiger partial charge in [0.05, 0.1) is 10.6 Å². The number of para-hydroxylation sites is 1. The molecular weight excluding hydrogens is 432 g/mol. The van der Waals surface area contributed by atoms with E-state index in [0.29, 0.717) is 28.3 Å². The number of hydrogen-bond donors (Lipinski definition) is 2. The number of rotatable bonds is 7. The van der Waals surface area contributed by atoms with Crippen LogP contribution in [0.5, 0.6) is 5.75 Å². The number of nitrogens with one attached hydrogen (secondary N) is 1. The third kappa shape index (κ3) is 5.45. The van der Waals surface area contributed by atoms with Crippen LogP contribution in [0.25, 0.3) is 6.08 Å². The summed E-state index contributed by atoms with van der Waals surface area (Å²) in [6.07, 6.45) is 1.39. The number of primary amides is 1. The van der Waals surface area contributed by atoms with Gasteiger partial charge in [0, 0.05) is 11.6 Å². The quantitative estimate of drug-likeness (QED) is 0.630. The Balaban J connectivity index is 1.72. The van der Waals surface area contributed by atoms with Crippen molar-refractivity contribution in [1.29, 1.82) is 0 Å². The van der Waals surface area contributed by atoms with Gasteiger partial charge >= 0.3 is 0 Å². The van der Waals surface area contributed by atoms with Crippen molar-refractivity contribution in [3.05, 3.63) is 64.6 Å². The molecule has 160 valence electrons. The van der Waals surface area contributed by atoms with Crippen LogP contribution in [0.15, 0.2) is 47.4 Å². The lowest BCUT2D eigenvalue weighted by molar-refractivity contribution is -0.127. The highest BCUT2D eigenvalue weighted by atomic mass is 32.2. The molecule has 0 aliphatic carbocycles. The lowest BCUT2D eigenvalue weighted by Crippen LogP contribution is -2.36. The Morgan fingerprint density at radius 1 is 1.16 bits per heavy atom. The molecular formula is C20H15F2N3O5S. The van der Waals surface area contributed by atoms with Crippen LogP contribution in [-0.4, -0.2) is 41.0 Å². The molecule has 0 spiro atoms. The average molecular weight is 447 g/mol. The van der Waals surface area contributed by atoms with Crippen molar-refractivity contribution >= 4 is 46.5 Å². The van der Waals surface area contributed by atoms with E-state index in [2.05, 4.69) is 5.32 Å². The number of thioether (sulfide) groups is 1. The highest BCUT2D eigenvalue weighted by Gasteiger charge is 2.36. The Morgan fingerprint density at radius 2 is 1.90 bits per heavy atom. The Morgan fingerprint density at radius 3 is 2.61 bits per heavy atom. The van der Waals surface area contributed by atoms with Crippen LogP contribution < -0.4 is 15.8 Å². The number of amides is 4. The molecule has 1 aliphatic rings. The number of nitrogens with zero attached hydrogens (tertiary/aromatic N) is 1. The number of nitrogens with two attached hydrogens (primary N) is 1. The zero-order chi connectivity index (χ0) is 22.5.